The average Bonchev–Trinajstić information content (AvgIpc) is 2.60. The molecule has 2 rings (SSSR count). The molecule has 0 aliphatic rings. The first-order chi connectivity index (χ1) is 11.7. The highest BCUT2D eigenvalue weighted by Gasteiger charge is 2.08. The summed E-state index contributed by atoms with van der Waals surface area (Å²) in [4.78, 5) is 6.70. The van der Waals surface area contributed by atoms with E-state index in [2.05, 4.69) is 35.1 Å². The molecule has 0 unspecified atom stereocenters. The van der Waals surface area contributed by atoms with Gasteiger partial charge in [-0.2, -0.15) is 0 Å². The average molecular weight is 331 g/mol. The van der Waals surface area contributed by atoms with Crippen LogP contribution in [0.3, 0.4) is 0 Å². The summed E-state index contributed by atoms with van der Waals surface area (Å²) in [5.74, 6) is 0.823. The van der Waals surface area contributed by atoms with Gasteiger partial charge in [-0.25, -0.2) is 0 Å². The number of likely N-dealkylation sites (N-methyl/N-ethyl adjacent to an activating group) is 1. The van der Waals surface area contributed by atoms with Crippen LogP contribution in [0.15, 0.2) is 30.5 Å². The van der Waals surface area contributed by atoms with Gasteiger partial charge in [-0.3, -0.25) is 4.98 Å². The summed E-state index contributed by atoms with van der Waals surface area (Å²) in [6, 6.07) is 8.38. The van der Waals surface area contributed by atoms with Crippen LogP contribution < -0.4 is 10.1 Å². The van der Waals surface area contributed by atoms with Gasteiger partial charge in [-0.05, 0) is 51.1 Å². The van der Waals surface area contributed by atoms with E-state index in [1.807, 2.05) is 24.4 Å². The smallest absolute Gasteiger partial charge is 0.121 e. The van der Waals surface area contributed by atoms with Crippen LogP contribution in [0.4, 0.5) is 5.69 Å². The number of aliphatic hydroxyl groups excluding tert-OH is 1. The van der Waals surface area contributed by atoms with Gasteiger partial charge in [0.1, 0.15) is 5.75 Å². The number of rotatable bonds is 10. The standard InChI is InChI=1S/C19H29N3O2/c1-4-22(12-13-23)11-5-6-15(2)21-18-9-10-20-19-14-16(24-3)7-8-17(18)19/h7-10,14-15,23H,4-6,11-13H2,1-3H3,(H,20,21)/t15-/m1/s1. The molecule has 5 heteroatoms. The number of nitrogens with one attached hydrogen (secondary N) is 1. The fourth-order valence-electron chi connectivity index (χ4n) is 2.91. The number of nitrogens with zero attached hydrogens (tertiary/aromatic N) is 2. The van der Waals surface area contributed by atoms with E-state index in [-0.39, 0.29) is 6.61 Å². The number of hydrogen-bond acceptors (Lipinski definition) is 5. The van der Waals surface area contributed by atoms with E-state index >= 15 is 0 Å². The number of ether oxygens (including phenoxy) is 1. The Bertz CT molecular complexity index is 633. The van der Waals surface area contributed by atoms with E-state index in [9.17, 15) is 0 Å². The predicted octanol–water partition coefficient (Wildman–Crippen LogP) is 3.14. The second-order valence-corrected chi connectivity index (χ2v) is 6.09. The van der Waals surface area contributed by atoms with Gasteiger partial charge in [0.15, 0.2) is 0 Å². The number of aromatic nitrogens is 1. The Morgan fingerprint density at radius 1 is 1.29 bits per heavy atom. The molecule has 0 aliphatic heterocycles. The van der Waals surface area contributed by atoms with Crippen LogP contribution in [0.5, 0.6) is 5.75 Å². The van der Waals surface area contributed by atoms with Crippen LogP contribution in [-0.4, -0.2) is 54.4 Å². The van der Waals surface area contributed by atoms with Crippen LogP contribution in [0.1, 0.15) is 26.7 Å². The topological polar surface area (TPSA) is 57.6 Å². The maximum Gasteiger partial charge on any atom is 0.121 e. The van der Waals surface area contributed by atoms with Crippen molar-refractivity contribution in [1.82, 2.24) is 9.88 Å². The van der Waals surface area contributed by atoms with Crippen molar-refractivity contribution in [3.05, 3.63) is 30.5 Å². The zero-order valence-electron chi connectivity index (χ0n) is 15.0. The number of methoxy groups -OCH3 is 1. The predicted molar refractivity (Wildman–Crippen MR) is 99.8 cm³/mol. The highest BCUT2D eigenvalue weighted by molar-refractivity contribution is 5.91. The lowest BCUT2D eigenvalue weighted by Crippen LogP contribution is -2.28. The maximum atomic E-state index is 9.04. The Hall–Kier alpha value is -1.85. The van der Waals surface area contributed by atoms with Crippen molar-refractivity contribution in [1.29, 1.82) is 0 Å². The molecule has 1 heterocycles. The van der Waals surface area contributed by atoms with Crippen molar-refractivity contribution < 1.29 is 9.84 Å². The first-order valence-corrected chi connectivity index (χ1v) is 8.70. The fourth-order valence-corrected chi connectivity index (χ4v) is 2.91. The molecule has 0 saturated heterocycles. The van der Waals surface area contributed by atoms with Crippen molar-refractivity contribution in [2.24, 2.45) is 0 Å². The lowest BCUT2D eigenvalue weighted by atomic mass is 10.1. The Balaban J connectivity index is 1.94. The third-order valence-corrected chi connectivity index (χ3v) is 4.33. The molecule has 0 fully saturated rings. The minimum absolute atomic E-state index is 0.230. The summed E-state index contributed by atoms with van der Waals surface area (Å²) in [6.45, 7) is 7.34. The molecule has 0 spiro atoms. The minimum atomic E-state index is 0.230. The highest BCUT2D eigenvalue weighted by Crippen LogP contribution is 2.26. The zero-order valence-corrected chi connectivity index (χ0v) is 15.0. The summed E-state index contributed by atoms with van der Waals surface area (Å²) in [7, 11) is 1.67. The van der Waals surface area contributed by atoms with E-state index in [1.54, 1.807) is 7.11 Å². The molecular formula is C19H29N3O2. The normalized spacial score (nSPS) is 12.5. The van der Waals surface area contributed by atoms with Gasteiger partial charge in [-0.1, -0.05) is 6.92 Å². The Morgan fingerprint density at radius 3 is 2.83 bits per heavy atom. The monoisotopic (exact) mass is 331 g/mol. The van der Waals surface area contributed by atoms with Gasteiger partial charge < -0.3 is 20.1 Å². The molecule has 0 radical (unpaired) electrons. The summed E-state index contributed by atoms with van der Waals surface area (Å²) >= 11 is 0. The van der Waals surface area contributed by atoms with Crippen LogP contribution in [0.25, 0.3) is 10.9 Å². The molecule has 0 aliphatic carbocycles. The van der Waals surface area contributed by atoms with Gasteiger partial charge >= 0.3 is 0 Å². The van der Waals surface area contributed by atoms with Crippen LogP contribution in [0, 0.1) is 0 Å². The first kappa shape index (κ1) is 18.5. The van der Waals surface area contributed by atoms with Gasteiger partial charge in [0.05, 0.1) is 19.2 Å². The van der Waals surface area contributed by atoms with E-state index in [0.717, 1.165) is 54.8 Å². The molecular weight excluding hydrogens is 302 g/mol. The third-order valence-electron chi connectivity index (χ3n) is 4.33. The molecule has 0 bridgehead atoms. The second kappa shape index (κ2) is 9.45. The summed E-state index contributed by atoms with van der Waals surface area (Å²) in [5, 5.41) is 13.7. The van der Waals surface area contributed by atoms with Crippen LogP contribution in [-0.2, 0) is 0 Å². The minimum Gasteiger partial charge on any atom is -0.497 e. The molecule has 1 atom stereocenters. The Kier molecular flexibility index (Phi) is 7.28. The van der Waals surface area contributed by atoms with Crippen molar-refractivity contribution in [3.8, 4) is 5.75 Å². The van der Waals surface area contributed by atoms with E-state index in [0.29, 0.717) is 6.04 Å². The molecule has 2 N–H and O–H groups in total. The van der Waals surface area contributed by atoms with Crippen LogP contribution in [0.2, 0.25) is 0 Å². The van der Waals surface area contributed by atoms with Crippen molar-refractivity contribution in [2.45, 2.75) is 32.7 Å². The number of anilines is 1. The summed E-state index contributed by atoms with van der Waals surface area (Å²) in [6.07, 6.45) is 4.03. The lowest BCUT2D eigenvalue weighted by molar-refractivity contribution is 0.199. The SMILES string of the molecule is CCN(CCO)CCC[C@@H](C)Nc1ccnc2cc(OC)ccc12. The molecule has 1 aromatic heterocycles. The van der Waals surface area contributed by atoms with Gasteiger partial charge in [-0.15, -0.1) is 0 Å². The number of aliphatic hydroxyl groups is 1. The molecule has 5 nitrogen and oxygen atoms in total. The summed E-state index contributed by atoms with van der Waals surface area (Å²) in [5.41, 5.74) is 2.05. The van der Waals surface area contributed by atoms with Crippen LogP contribution >= 0.6 is 0 Å². The summed E-state index contributed by atoms with van der Waals surface area (Å²) < 4.78 is 5.27. The number of hydrogen-bond donors (Lipinski definition) is 2. The zero-order chi connectivity index (χ0) is 17.4. The van der Waals surface area contributed by atoms with Gasteiger partial charge in [0.25, 0.3) is 0 Å². The highest BCUT2D eigenvalue weighted by atomic mass is 16.5. The molecule has 0 amide bonds. The maximum absolute atomic E-state index is 9.04. The van der Waals surface area contributed by atoms with Crippen molar-refractivity contribution >= 4 is 16.6 Å². The second-order valence-electron chi connectivity index (χ2n) is 6.09. The molecule has 0 saturated carbocycles. The fraction of sp³-hybridized carbons (Fsp3) is 0.526. The molecule has 1 aromatic carbocycles. The largest absolute Gasteiger partial charge is 0.497 e. The van der Waals surface area contributed by atoms with Crippen molar-refractivity contribution in [2.75, 3.05) is 38.7 Å². The Morgan fingerprint density at radius 2 is 2.12 bits per heavy atom. The quantitative estimate of drug-likeness (QED) is 0.700. The van der Waals surface area contributed by atoms with E-state index in [1.165, 1.54) is 0 Å². The molecule has 24 heavy (non-hydrogen) atoms. The van der Waals surface area contributed by atoms with Gasteiger partial charge in [0.2, 0.25) is 0 Å². The van der Waals surface area contributed by atoms with E-state index in [4.69, 9.17) is 9.84 Å². The first-order valence-electron chi connectivity index (χ1n) is 8.70. The number of fused-ring (bicyclic) bond motifs is 1. The molecule has 132 valence electrons. The lowest BCUT2D eigenvalue weighted by Gasteiger charge is -2.21. The Labute approximate surface area is 144 Å². The third kappa shape index (κ3) is 5.08. The number of benzene rings is 1. The van der Waals surface area contributed by atoms with Crippen molar-refractivity contribution in [3.63, 3.8) is 0 Å². The van der Waals surface area contributed by atoms with E-state index < -0.39 is 0 Å². The molecule has 2 aromatic rings. The van der Waals surface area contributed by atoms with Gasteiger partial charge in [0, 0.05) is 35.9 Å². The number of pyridine rings is 1.